The van der Waals surface area contributed by atoms with Crippen LogP contribution in [-0.2, 0) is 0 Å². The Morgan fingerprint density at radius 3 is 3.00 bits per heavy atom. The molecule has 0 aromatic carbocycles. The van der Waals surface area contributed by atoms with E-state index in [0.717, 1.165) is 0 Å². The minimum absolute atomic E-state index is 0.0822. The summed E-state index contributed by atoms with van der Waals surface area (Å²) in [5, 5.41) is 17.2. The van der Waals surface area contributed by atoms with Crippen molar-refractivity contribution in [2.24, 2.45) is 0 Å². The lowest BCUT2D eigenvalue weighted by molar-refractivity contribution is 0.472. The van der Waals surface area contributed by atoms with E-state index in [9.17, 15) is 0 Å². The first-order valence-electron chi connectivity index (χ1n) is 3.33. The average Bonchev–Trinajstić information content (AvgIpc) is 2.05. The summed E-state index contributed by atoms with van der Waals surface area (Å²) >= 11 is 0. The first-order chi connectivity index (χ1) is 5.83. The zero-order valence-electron chi connectivity index (χ0n) is 6.28. The number of aromatic hydroxyl groups is 1. The van der Waals surface area contributed by atoms with Gasteiger partial charge in [0.1, 0.15) is 5.75 Å². The maximum atomic E-state index is 8.97. The van der Waals surface area contributed by atoms with E-state index in [1.165, 1.54) is 18.5 Å². The Morgan fingerprint density at radius 2 is 2.33 bits per heavy atom. The molecule has 0 aliphatic rings. The van der Waals surface area contributed by atoms with E-state index in [2.05, 4.69) is 16.8 Å². The number of aromatic nitrogens is 1. The third kappa shape index (κ3) is 2.32. The Kier molecular flexibility index (Phi) is 2.70. The van der Waals surface area contributed by atoms with Crippen molar-refractivity contribution in [3.05, 3.63) is 24.0 Å². The van der Waals surface area contributed by atoms with Gasteiger partial charge >= 0.3 is 0 Å². The van der Waals surface area contributed by atoms with Crippen LogP contribution >= 0.6 is 0 Å². The lowest BCUT2D eigenvalue weighted by Crippen LogP contribution is -1.76. The van der Waals surface area contributed by atoms with Crippen LogP contribution in [0.1, 0.15) is 12.0 Å². The topological polar surface area (TPSA) is 56.9 Å². The van der Waals surface area contributed by atoms with Gasteiger partial charge in [-0.2, -0.15) is 5.26 Å². The zero-order valence-corrected chi connectivity index (χ0v) is 6.28. The lowest BCUT2D eigenvalue weighted by atomic mass is 10.3. The number of pyridine rings is 1. The van der Waals surface area contributed by atoms with Gasteiger partial charge < -0.3 is 5.11 Å². The smallest absolute Gasteiger partial charge is 0.135 e. The standard InChI is InChI=1S/C9H6N2O/c10-4-2-1-3-8-5-9(12)7-11-6-8/h5-7,12H,2H2. The molecule has 3 nitrogen and oxygen atoms in total. The van der Waals surface area contributed by atoms with Gasteiger partial charge in [0.15, 0.2) is 0 Å². The summed E-state index contributed by atoms with van der Waals surface area (Å²) in [7, 11) is 0. The van der Waals surface area contributed by atoms with Crippen LogP contribution in [0.25, 0.3) is 0 Å². The SMILES string of the molecule is N#CCC#Cc1cncc(O)c1. The number of nitriles is 1. The third-order valence-corrected chi connectivity index (χ3v) is 1.12. The van der Waals surface area contributed by atoms with Gasteiger partial charge in [0.2, 0.25) is 0 Å². The number of hydrogen-bond acceptors (Lipinski definition) is 3. The van der Waals surface area contributed by atoms with Gasteiger partial charge in [-0.1, -0.05) is 11.8 Å². The molecule has 58 valence electrons. The van der Waals surface area contributed by atoms with Crippen LogP contribution in [0.15, 0.2) is 18.5 Å². The Hall–Kier alpha value is -2.00. The van der Waals surface area contributed by atoms with E-state index in [-0.39, 0.29) is 12.2 Å². The third-order valence-electron chi connectivity index (χ3n) is 1.12. The van der Waals surface area contributed by atoms with E-state index >= 15 is 0 Å². The fraction of sp³-hybridized carbons (Fsp3) is 0.111. The van der Waals surface area contributed by atoms with Gasteiger partial charge in [0.25, 0.3) is 0 Å². The van der Waals surface area contributed by atoms with E-state index in [0.29, 0.717) is 5.56 Å². The van der Waals surface area contributed by atoms with Crippen LogP contribution in [0.4, 0.5) is 0 Å². The summed E-state index contributed by atoms with van der Waals surface area (Å²) in [4.78, 5) is 3.73. The first kappa shape index (κ1) is 8.10. The lowest BCUT2D eigenvalue weighted by Gasteiger charge is -1.89. The zero-order chi connectivity index (χ0) is 8.81. The quantitative estimate of drug-likeness (QED) is 0.574. The number of hydrogen-bond donors (Lipinski definition) is 1. The molecule has 1 heterocycles. The fourth-order valence-corrected chi connectivity index (χ4v) is 0.682. The van der Waals surface area contributed by atoms with Crippen molar-refractivity contribution >= 4 is 0 Å². The summed E-state index contributed by atoms with van der Waals surface area (Å²) < 4.78 is 0. The van der Waals surface area contributed by atoms with E-state index in [1.54, 1.807) is 0 Å². The molecule has 0 aliphatic carbocycles. The largest absolute Gasteiger partial charge is 0.506 e. The van der Waals surface area contributed by atoms with Crippen LogP contribution in [0.5, 0.6) is 5.75 Å². The molecule has 0 unspecified atom stereocenters. The molecule has 0 fully saturated rings. The first-order valence-corrected chi connectivity index (χ1v) is 3.33. The van der Waals surface area contributed by atoms with Crippen molar-refractivity contribution in [2.45, 2.75) is 6.42 Å². The highest BCUT2D eigenvalue weighted by Gasteiger charge is 1.88. The molecular formula is C9H6N2O. The second kappa shape index (κ2) is 4.00. The van der Waals surface area contributed by atoms with Crippen LogP contribution in [0, 0.1) is 23.2 Å². The Labute approximate surface area is 70.3 Å². The molecular weight excluding hydrogens is 152 g/mol. The molecule has 1 aromatic rings. The second-order valence-corrected chi connectivity index (χ2v) is 2.07. The van der Waals surface area contributed by atoms with Crippen molar-refractivity contribution < 1.29 is 5.11 Å². The summed E-state index contributed by atoms with van der Waals surface area (Å²) in [6.07, 6.45) is 3.05. The maximum absolute atomic E-state index is 8.97. The Morgan fingerprint density at radius 1 is 1.50 bits per heavy atom. The molecule has 0 saturated carbocycles. The highest BCUT2D eigenvalue weighted by molar-refractivity contribution is 5.36. The van der Waals surface area contributed by atoms with E-state index in [4.69, 9.17) is 10.4 Å². The van der Waals surface area contributed by atoms with E-state index < -0.39 is 0 Å². The van der Waals surface area contributed by atoms with E-state index in [1.807, 2.05) is 6.07 Å². The van der Waals surface area contributed by atoms with Crippen molar-refractivity contribution in [1.82, 2.24) is 4.98 Å². The minimum atomic E-state index is 0.0822. The normalized spacial score (nSPS) is 7.92. The fourth-order valence-electron chi connectivity index (χ4n) is 0.682. The summed E-state index contributed by atoms with van der Waals surface area (Å²) in [6, 6.07) is 3.39. The highest BCUT2D eigenvalue weighted by atomic mass is 16.3. The van der Waals surface area contributed by atoms with Crippen LogP contribution in [0.2, 0.25) is 0 Å². The predicted molar refractivity (Wildman–Crippen MR) is 43.0 cm³/mol. The monoisotopic (exact) mass is 158 g/mol. The van der Waals surface area contributed by atoms with Crippen molar-refractivity contribution in [2.75, 3.05) is 0 Å². The van der Waals surface area contributed by atoms with Gasteiger partial charge in [-0.3, -0.25) is 4.98 Å². The molecule has 12 heavy (non-hydrogen) atoms. The van der Waals surface area contributed by atoms with Crippen molar-refractivity contribution in [3.8, 4) is 23.7 Å². The molecule has 0 aliphatic heterocycles. The molecule has 0 amide bonds. The molecule has 1 N–H and O–H groups in total. The molecule has 0 atom stereocenters. The van der Waals surface area contributed by atoms with Gasteiger partial charge in [0.05, 0.1) is 18.7 Å². The molecule has 0 spiro atoms. The summed E-state index contributed by atoms with van der Waals surface area (Å²) in [5.74, 6) is 5.39. The summed E-state index contributed by atoms with van der Waals surface area (Å²) in [5.41, 5.74) is 0.616. The molecule has 1 rings (SSSR count). The Balaban J connectivity index is 2.79. The van der Waals surface area contributed by atoms with Crippen molar-refractivity contribution in [3.63, 3.8) is 0 Å². The highest BCUT2D eigenvalue weighted by Crippen LogP contribution is 2.06. The second-order valence-electron chi connectivity index (χ2n) is 2.07. The van der Waals surface area contributed by atoms with Crippen LogP contribution in [0.3, 0.4) is 0 Å². The Bertz CT molecular complexity index is 368. The predicted octanol–water partition coefficient (Wildman–Crippen LogP) is 1.05. The number of rotatable bonds is 0. The molecule has 0 bridgehead atoms. The molecule has 3 heteroatoms. The minimum Gasteiger partial charge on any atom is -0.506 e. The van der Waals surface area contributed by atoms with Gasteiger partial charge in [-0.25, -0.2) is 0 Å². The summed E-state index contributed by atoms with van der Waals surface area (Å²) in [6.45, 7) is 0. The van der Waals surface area contributed by atoms with Crippen LogP contribution in [-0.4, -0.2) is 10.1 Å². The van der Waals surface area contributed by atoms with Gasteiger partial charge in [-0.15, -0.1) is 0 Å². The molecule has 0 radical (unpaired) electrons. The molecule has 1 aromatic heterocycles. The van der Waals surface area contributed by atoms with Gasteiger partial charge in [-0.05, 0) is 6.07 Å². The maximum Gasteiger partial charge on any atom is 0.135 e. The van der Waals surface area contributed by atoms with Gasteiger partial charge in [0, 0.05) is 11.8 Å². The van der Waals surface area contributed by atoms with Crippen molar-refractivity contribution in [1.29, 1.82) is 5.26 Å². The average molecular weight is 158 g/mol. The van der Waals surface area contributed by atoms with Crippen LogP contribution < -0.4 is 0 Å². The molecule has 0 saturated heterocycles. The number of nitrogens with zero attached hydrogens (tertiary/aromatic N) is 2.